The second kappa shape index (κ2) is 11.0. The zero-order chi connectivity index (χ0) is 29.4. The zero-order valence-electron chi connectivity index (χ0n) is 23.4. The molecular formula is C31H30N4O7. The third kappa shape index (κ3) is 5.01. The van der Waals surface area contributed by atoms with E-state index in [0.717, 1.165) is 5.39 Å². The van der Waals surface area contributed by atoms with E-state index in [2.05, 4.69) is 4.98 Å². The molecule has 0 aliphatic carbocycles. The van der Waals surface area contributed by atoms with Crippen LogP contribution >= 0.6 is 0 Å². The lowest BCUT2D eigenvalue weighted by atomic mass is 10.0. The predicted octanol–water partition coefficient (Wildman–Crippen LogP) is 3.13. The van der Waals surface area contributed by atoms with Gasteiger partial charge in [0.15, 0.2) is 0 Å². The minimum Gasteiger partial charge on any atom is -0.446 e. The molecule has 42 heavy (non-hydrogen) atoms. The van der Waals surface area contributed by atoms with Crippen LogP contribution in [0.3, 0.4) is 0 Å². The van der Waals surface area contributed by atoms with Gasteiger partial charge in [-0.3, -0.25) is 19.3 Å². The fraction of sp³-hybridized carbons (Fsp3) is 0.323. The van der Waals surface area contributed by atoms with Crippen molar-refractivity contribution in [3.63, 3.8) is 0 Å². The van der Waals surface area contributed by atoms with Gasteiger partial charge in [-0.1, -0.05) is 18.2 Å². The molecule has 2 fully saturated rings. The Morgan fingerprint density at radius 3 is 2.43 bits per heavy atom. The molecule has 6 rings (SSSR count). The maximum Gasteiger partial charge on any atom is 0.409 e. The predicted molar refractivity (Wildman–Crippen MR) is 153 cm³/mol. The minimum atomic E-state index is -0.565. The summed E-state index contributed by atoms with van der Waals surface area (Å²) in [5.41, 5.74) is 2.41. The van der Waals surface area contributed by atoms with E-state index in [4.69, 9.17) is 14.2 Å². The molecule has 1 aromatic heterocycles. The number of rotatable bonds is 5. The van der Waals surface area contributed by atoms with E-state index in [1.165, 1.54) is 11.8 Å². The summed E-state index contributed by atoms with van der Waals surface area (Å²) >= 11 is 0. The molecule has 3 amide bonds. The van der Waals surface area contributed by atoms with Gasteiger partial charge >= 0.3 is 6.09 Å². The summed E-state index contributed by atoms with van der Waals surface area (Å²) < 4.78 is 16.0. The van der Waals surface area contributed by atoms with Crippen molar-refractivity contribution in [2.45, 2.75) is 12.5 Å². The lowest BCUT2D eigenvalue weighted by molar-refractivity contribution is -0.213. The van der Waals surface area contributed by atoms with Crippen molar-refractivity contribution in [2.24, 2.45) is 0 Å². The highest BCUT2D eigenvalue weighted by molar-refractivity contribution is 6.26. The van der Waals surface area contributed by atoms with E-state index >= 15 is 0 Å². The molecule has 0 bridgehead atoms. The molecule has 11 heteroatoms. The van der Waals surface area contributed by atoms with E-state index < -0.39 is 11.7 Å². The molecule has 0 atom stereocenters. The first kappa shape index (κ1) is 27.6. The van der Waals surface area contributed by atoms with Gasteiger partial charge < -0.3 is 24.0 Å². The Balaban J connectivity index is 1.12. The highest BCUT2D eigenvalue weighted by Crippen LogP contribution is 2.35. The molecule has 0 unspecified atom stereocenters. The van der Waals surface area contributed by atoms with Crippen molar-refractivity contribution in [2.75, 3.05) is 58.0 Å². The number of benzene rings is 2. The largest absolute Gasteiger partial charge is 0.446 e. The van der Waals surface area contributed by atoms with Crippen LogP contribution in [0, 0.1) is 0 Å². The molecule has 0 saturated carbocycles. The Hall–Kier alpha value is -4.61. The third-order valence-corrected chi connectivity index (χ3v) is 7.87. The SMILES string of the molecule is COC1(COC(=O)N2CCN(C(=O)c3ccc4nc(/C=C5/C(=O)c6ccccc6N5C(C)=O)ccc4c3)CC2)COC1. The van der Waals surface area contributed by atoms with E-state index in [9.17, 15) is 19.2 Å². The molecule has 4 heterocycles. The number of aromatic nitrogens is 1. The Bertz CT molecular complexity index is 1620. The number of ketones is 1. The van der Waals surface area contributed by atoms with Crippen molar-refractivity contribution < 1.29 is 33.4 Å². The lowest BCUT2D eigenvalue weighted by Crippen LogP contribution is -2.56. The van der Waals surface area contributed by atoms with Gasteiger partial charge in [-0.2, -0.15) is 0 Å². The van der Waals surface area contributed by atoms with Crippen molar-refractivity contribution >= 4 is 46.4 Å². The number of hydrogen-bond acceptors (Lipinski definition) is 8. The number of carbonyl (C=O) groups excluding carboxylic acids is 4. The van der Waals surface area contributed by atoms with Gasteiger partial charge in [-0.25, -0.2) is 9.78 Å². The van der Waals surface area contributed by atoms with Gasteiger partial charge in [0.25, 0.3) is 5.91 Å². The summed E-state index contributed by atoms with van der Waals surface area (Å²) in [6.07, 6.45) is 1.18. The monoisotopic (exact) mass is 570 g/mol. The Labute approximate surface area is 242 Å². The van der Waals surface area contributed by atoms with Crippen LogP contribution in [-0.4, -0.2) is 97.2 Å². The fourth-order valence-electron chi connectivity index (χ4n) is 5.34. The highest BCUT2D eigenvalue weighted by Gasteiger charge is 2.41. The van der Waals surface area contributed by atoms with Gasteiger partial charge in [0.05, 0.1) is 35.8 Å². The van der Waals surface area contributed by atoms with E-state index in [0.29, 0.717) is 67.4 Å². The van der Waals surface area contributed by atoms with Crippen LogP contribution in [0.2, 0.25) is 0 Å². The van der Waals surface area contributed by atoms with Crippen LogP contribution in [0.5, 0.6) is 0 Å². The van der Waals surface area contributed by atoms with Crippen molar-refractivity contribution in [3.8, 4) is 0 Å². The average Bonchev–Trinajstić information content (AvgIpc) is 3.27. The first-order valence-electron chi connectivity index (χ1n) is 13.7. The number of anilines is 1. The van der Waals surface area contributed by atoms with Crippen molar-refractivity contribution in [3.05, 3.63) is 77.1 Å². The van der Waals surface area contributed by atoms with Crippen LogP contribution in [0.25, 0.3) is 17.0 Å². The number of allylic oxidation sites excluding steroid dienone is 1. The molecule has 3 aromatic rings. The summed E-state index contributed by atoms with van der Waals surface area (Å²) in [6, 6.07) is 15.9. The molecule has 2 saturated heterocycles. The van der Waals surface area contributed by atoms with Crippen LogP contribution in [0.4, 0.5) is 10.5 Å². The average molecular weight is 571 g/mol. The molecule has 11 nitrogen and oxygen atoms in total. The standard InChI is InChI=1S/C31H30N4O7/c1-20(36)35-26-6-4-3-5-24(26)28(37)27(35)16-23-9-7-21-15-22(8-10-25(21)32-23)29(38)33-11-13-34(14-12-33)30(39)42-19-31(40-2)17-41-18-31/h3-10,15-16H,11-14,17-19H2,1-2H3/b27-16-. The number of carbonyl (C=O) groups is 4. The number of para-hydroxylation sites is 1. The first-order chi connectivity index (χ1) is 20.3. The molecule has 2 aromatic carbocycles. The van der Waals surface area contributed by atoms with Gasteiger partial charge in [-0.05, 0) is 42.5 Å². The van der Waals surface area contributed by atoms with E-state index in [-0.39, 0.29) is 29.9 Å². The molecule has 0 radical (unpaired) electrons. The summed E-state index contributed by atoms with van der Waals surface area (Å²) in [5.74, 6) is -0.624. The van der Waals surface area contributed by atoms with Crippen molar-refractivity contribution in [1.29, 1.82) is 0 Å². The summed E-state index contributed by atoms with van der Waals surface area (Å²) in [6.45, 7) is 3.85. The topological polar surface area (TPSA) is 119 Å². The first-order valence-corrected chi connectivity index (χ1v) is 13.7. The smallest absolute Gasteiger partial charge is 0.409 e. The number of Topliss-reactive ketones (excluding diaryl/α,β-unsaturated/α-hetero) is 1. The minimum absolute atomic E-state index is 0.129. The van der Waals surface area contributed by atoms with E-state index in [1.807, 2.05) is 6.07 Å². The quantitative estimate of drug-likeness (QED) is 0.430. The van der Waals surface area contributed by atoms with Gasteiger partial charge in [0.1, 0.15) is 12.2 Å². The number of fused-ring (bicyclic) bond motifs is 2. The van der Waals surface area contributed by atoms with Gasteiger partial charge in [0, 0.05) is 56.7 Å². The number of hydrogen-bond donors (Lipinski definition) is 0. The van der Waals surface area contributed by atoms with Crippen molar-refractivity contribution in [1.82, 2.24) is 14.8 Å². The third-order valence-electron chi connectivity index (χ3n) is 7.87. The van der Waals surface area contributed by atoms with Gasteiger partial charge in [-0.15, -0.1) is 0 Å². The fourth-order valence-corrected chi connectivity index (χ4v) is 5.34. The second-order valence-electron chi connectivity index (χ2n) is 10.6. The van der Waals surface area contributed by atoms with Crippen LogP contribution < -0.4 is 4.90 Å². The van der Waals surface area contributed by atoms with Crippen LogP contribution in [-0.2, 0) is 19.0 Å². The number of amides is 3. The molecule has 3 aliphatic heterocycles. The van der Waals surface area contributed by atoms with Gasteiger partial charge in [0.2, 0.25) is 11.7 Å². The van der Waals surface area contributed by atoms with E-state index in [1.54, 1.807) is 71.5 Å². The summed E-state index contributed by atoms with van der Waals surface area (Å²) in [4.78, 5) is 60.6. The Kier molecular flexibility index (Phi) is 7.21. The van der Waals surface area contributed by atoms with Crippen LogP contribution in [0.1, 0.15) is 33.3 Å². The zero-order valence-corrected chi connectivity index (χ0v) is 23.4. The lowest BCUT2D eigenvalue weighted by Gasteiger charge is -2.40. The van der Waals surface area contributed by atoms with Crippen LogP contribution in [0.15, 0.2) is 60.3 Å². The Morgan fingerprint density at radius 2 is 1.74 bits per heavy atom. The Morgan fingerprint density at radius 1 is 1.00 bits per heavy atom. The maximum atomic E-state index is 13.3. The highest BCUT2D eigenvalue weighted by atomic mass is 16.6. The molecular weight excluding hydrogens is 540 g/mol. The normalized spacial score (nSPS) is 18.7. The number of piperazine rings is 1. The maximum absolute atomic E-state index is 13.3. The molecule has 0 spiro atoms. The number of ether oxygens (including phenoxy) is 3. The molecule has 216 valence electrons. The summed E-state index contributed by atoms with van der Waals surface area (Å²) in [5, 5.41) is 0.765. The number of pyridine rings is 1. The summed E-state index contributed by atoms with van der Waals surface area (Å²) in [7, 11) is 1.57. The molecule has 3 aliphatic rings. The molecule has 0 N–H and O–H groups in total. The number of nitrogens with zero attached hydrogens (tertiary/aromatic N) is 4. The number of methoxy groups -OCH3 is 1. The second-order valence-corrected chi connectivity index (χ2v) is 10.6.